The van der Waals surface area contributed by atoms with Crippen LogP contribution in [0.5, 0.6) is 5.75 Å². The van der Waals surface area contributed by atoms with Gasteiger partial charge in [0.2, 0.25) is 0 Å². The molecule has 0 unspecified atom stereocenters. The van der Waals surface area contributed by atoms with Crippen LogP contribution >= 0.6 is 0 Å². The van der Waals surface area contributed by atoms with E-state index in [-0.39, 0.29) is 11.2 Å². The summed E-state index contributed by atoms with van der Waals surface area (Å²) in [6.07, 6.45) is 1.88. The summed E-state index contributed by atoms with van der Waals surface area (Å²) in [7, 11) is -1.96. The predicted octanol–water partition coefficient (Wildman–Crippen LogP) is 5.07. The Labute approximate surface area is 246 Å². The van der Waals surface area contributed by atoms with Crippen LogP contribution in [0.4, 0.5) is 5.69 Å². The third-order valence-corrected chi connectivity index (χ3v) is 7.16. The molecule has 9 nitrogen and oxygen atoms in total. The maximum absolute atomic E-state index is 13.2. The van der Waals surface area contributed by atoms with Gasteiger partial charge in [-0.1, -0.05) is 48.5 Å². The quantitative estimate of drug-likeness (QED) is 0.221. The van der Waals surface area contributed by atoms with Crippen molar-refractivity contribution >= 4 is 32.6 Å². The van der Waals surface area contributed by atoms with E-state index in [9.17, 15) is 18.0 Å². The van der Waals surface area contributed by atoms with Crippen LogP contribution in [-0.4, -0.2) is 69.7 Å². The van der Waals surface area contributed by atoms with E-state index in [1.807, 2.05) is 48.5 Å². The number of hydrogen-bond acceptors (Lipinski definition) is 8. The number of anilines is 1. The van der Waals surface area contributed by atoms with Crippen molar-refractivity contribution in [1.29, 1.82) is 0 Å². The van der Waals surface area contributed by atoms with Crippen LogP contribution in [0.2, 0.25) is 0 Å². The smallest absolute Gasteiger partial charge is 0.261 e. The molecule has 1 aliphatic heterocycles. The van der Waals surface area contributed by atoms with Gasteiger partial charge in [0.25, 0.3) is 10.1 Å². The Morgan fingerprint density at radius 1 is 0.952 bits per heavy atom. The van der Waals surface area contributed by atoms with Crippen molar-refractivity contribution in [3.63, 3.8) is 0 Å². The molecular weight excluding hydrogens is 556 g/mol. The Morgan fingerprint density at radius 3 is 2.26 bits per heavy atom. The Hall–Kier alpha value is -3.99. The summed E-state index contributed by atoms with van der Waals surface area (Å²) >= 11 is 0. The molecule has 1 N–H and O–H groups in total. The summed E-state index contributed by atoms with van der Waals surface area (Å²) in [4.78, 5) is 31.1. The Morgan fingerprint density at radius 2 is 1.60 bits per heavy atom. The third-order valence-electron chi connectivity index (χ3n) is 7.16. The number of Topliss-reactive ketones (excluding diaryl/α,β-unsaturated/α-hetero) is 1. The van der Waals surface area contributed by atoms with E-state index in [1.165, 1.54) is 0 Å². The van der Waals surface area contributed by atoms with Gasteiger partial charge in [-0.25, -0.2) is 0 Å². The number of ether oxygens (including phenoxy) is 1. The summed E-state index contributed by atoms with van der Waals surface area (Å²) in [5.41, 5.74) is 3.27. The van der Waals surface area contributed by atoms with Crippen molar-refractivity contribution in [2.75, 3.05) is 51.0 Å². The van der Waals surface area contributed by atoms with E-state index in [0.717, 1.165) is 56.1 Å². The van der Waals surface area contributed by atoms with Gasteiger partial charge < -0.3 is 14.1 Å². The summed E-state index contributed by atoms with van der Waals surface area (Å²) in [5.74, 6) is 1.42. The number of hydrogen-bond donors (Lipinski definition) is 1. The fourth-order valence-corrected chi connectivity index (χ4v) is 5.10. The molecular formula is C32H36N2O7S. The SMILES string of the molecule is COc1ccccc1N1CCN(CCCC(=O)c2cccc3c(=O)c(C)c(-c4ccccc4)oc23)CC1.CS(=O)(=O)O. The van der Waals surface area contributed by atoms with E-state index in [2.05, 4.69) is 15.9 Å². The molecule has 1 aromatic heterocycles. The van der Waals surface area contributed by atoms with Gasteiger partial charge in [0.1, 0.15) is 17.1 Å². The minimum Gasteiger partial charge on any atom is -0.495 e. The lowest BCUT2D eigenvalue weighted by Gasteiger charge is -2.36. The fourth-order valence-electron chi connectivity index (χ4n) is 5.10. The molecule has 1 aliphatic rings. The molecule has 5 rings (SSSR count). The van der Waals surface area contributed by atoms with Crippen molar-refractivity contribution in [3.8, 4) is 17.1 Å². The Kier molecular flexibility index (Phi) is 10.2. The third kappa shape index (κ3) is 7.84. The van der Waals surface area contributed by atoms with Crippen molar-refractivity contribution in [3.05, 3.63) is 94.1 Å². The molecule has 2 heterocycles. The summed E-state index contributed by atoms with van der Waals surface area (Å²) < 4.78 is 37.6. The van der Waals surface area contributed by atoms with E-state index < -0.39 is 10.1 Å². The second kappa shape index (κ2) is 13.8. The standard InChI is InChI=1S/C31H32N2O4.CH4O3S/c1-22-29(35)25-13-8-12-24(31(25)37-30(22)23-10-4-3-5-11-23)27(34)15-9-17-32-18-20-33(21-19-32)26-14-6-7-16-28(26)36-2;1-5(2,3)4/h3-8,10-14,16H,9,15,17-21H2,1-2H3;1H3,(H,2,3,4). The largest absolute Gasteiger partial charge is 0.495 e. The molecule has 42 heavy (non-hydrogen) atoms. The summed E-state index contributed by atoms with van der Waals surface area (Å²) in [6, 6.07) is 23.0. The molecule has 1 fully saturated rings. The van der Waals surface area contributed by atoms with Gasteiger partial charge in [-0.3, -0.25) is 19.0 Å². The number of piperazine rings is 1. The van der Waals surface area contributed by atoms with E-state index in [0.29, 0.717) is 40.5 Å². The molecule has 0 bridgehead atoms. The second-order valence-corrected chi connectivity index (χ2v) is 11.7. The van der Waals surface area contributed by atoms with Gasteiger partial charge in [-0.15, -0.1) is 0 Å². The molecule has 1 saturated heterocycles. The van der Waals surface area contributed by atoms with E-state index >= 15 is 0 Å². The zero-order chi connectivity index (χ0) is 30.3. The zero-order valence-corrected chi connectivity index (χ0v) is 24.9. The zero-order valence-electron chi connectivity index (χ0n) is 24.1. The number of nitrogens with zero attached hydrogens (tertiary/aromatic N) is 2. The molecule has 0 amide bonds. The Balaban J connectivity index is 0.000000748. The monoisotopic (exact) mass is 592 g/mol. The van der Waals surface area contributed by atoms with E-state index in [1.54, 1.807) is 32.2 Å². The summed E-state index contributed by atoms with van der Waals surface area (Å²) in [5, 5.41) is 0.454. The van der Waals surface area contributed by atoms with Crippen LogP contribution in [0, 0.1) is 6.92 Å². The topological polar surface area (TPSA) is 117 Å². The van der Waals surface area contributed by atoms with Crippen LogP contribution in [-0.2, 0) is 10.1 Å². The Bertz CT molecular complexity index is 1690. The maximum atomic E-state index is 13.2. The first kappa shape index (κ1) is 31.0. The number of para-hydroxylation sites is 3. The van der Waals surface area contributed by atoms with Crippen LogP contribution in [0.25, 0.3) is 22.3 Å². The highest BCUT2D eigenvalue weighted by molar-refractivity contribution is 7.85. The lowest BCUT2D eigenvalue weighted by Crippen LogP contribution is -2.46. The first-order valence-electron chi connectivity index (χ1n) is 13.7. The second-order valence-electron chi connectivity index (χ2n) is 10.2. The summed E-state index contributed by atoms with van der Waals surface area (Å²) in [6.45, 7) is 6.35. The average molecular weight is 593 g/mol. The lowest BCUT2D eigenvalue weighted by atomic mass is 10.0. The molecule has 10 heteroatoms. The number of carbonyl (C=O) groups is 1. The van der Waals surface area contributed by atoms with Crippen LogP contribution in [0.3, 0.4) is 0 Å². The molecule has 0 radical (unpaired) electrons. The van der Waals surface area contributed by atoms with Crippen molar-refractivity contribution in [1.82, 2.24) is 4.90 Å². The van der Waals surface area contributed by atoms with Crippen LogP contribution < -0.4 is 15.1 Å². The van der Waals surface area contributed by atoms with Gasteiger partial charge in [0.05, 0.1) is 30.0 Å². The first-order valence-corrected chi connectivity index (χ1v) is 15.6. The van der Waals surface area contributed by atoms with Crippen molar-refractivity contribution in [2.24, 2.45) is 0 Å². The highest BCUT2D eigenvalue weighted by atomic mass is 32.2. The number of fused-ring (bicyclic) bond motifs is 1. The maximum Gasteiger partial charge on any atom is 0.261 e. The van der Waals surface area contributed by atoms with Crippen molar-refractivity contribution in [2.45, 2.75) is 19.8 Å². The molecule has 3 aromatic carbocycles. The number of benzene rings is 3. The van der Waals surface area contributed by atoms with Crippen molar-refractivity contribution < 1.29 is 26.9 Å². The molecule has 222 valence electrons. The van der Waals surface area contributed by atoms with E-state index in [4.69, 9.17) is 13.7 Å². The van der Waals surface area contributed by atoms with Gasteiger partial charge in [-0.2, -0.15) is 8.42 Å². The highest BCUT2D eigenvalue weighted by Gasteiger charge is 2.21. The number of methoxy groups -OCH3 is 1. The minimum absolute atomic E-state index is 0.00396. The molecule has 0 aliphatic carbocycles. The first-order chi connectivity index (χ1) is 20.1. The molecule has 0 atom stereocenters. The molecule has 0 spiro atoms. The van der Waals surface area contributed by atoms with Gasteiger partial charge >= 0.3 is 0 Å². The van der Waals surface area contributed by atoms with Gasteiger partial charge in [-0.05, 0) is 44.2 Å². The average Bonchev–Trinajstić information content (AvgIpc) is 2.98. The normalized spacial score (nSPS) is 13.9. The highest BCUT2D eigenvalue weighted by Crippen LogP contribution is 2.29. The van der Waals surface area contributed by atoms with Gasteiger partial charge in [0.15, 0.2) is 11.2 Å². The fraction of sp³-hybridized carbons (Fsp3) is 0.312. The van der Waals surface area contributed by atoms with Crippen LogP contribution in [0.1, 0.15) is 28.8 Å². The number of carbonyl (C=O) groups excluding carboxylic acids is 1. The van der Waals surface area contributed by atoms with Gasteiger partial charge in [0, 0.05) is 43.7 Å². The predicted molar refractivity (Wildman–Crippen MR) is 165 cm³/mol. The minimum atomic E-state index is -3.67. The molecule has 4 aromatic rings. The van der Waals surface area contributed by atoms with Crippen LogP contribution in [0.15, 0.2) is 82.0 Å². The lowest BCUT2D eigenvalue weighted by molar-refractivity contribution is 0.0974. The number of rotatable bonds is 8. The molecule has 0 saturated carbocycles. The number of ketones is 1.